The molecule has 3 N–H and O–H groups in total. The van der Waals surface area contributed by atoms with Gasteiger partial charge in [0.1, 0.15) is 6.04 Å². The van der Waals surface area contributed by atoms with Gasteiger partial charge in [0.2, 0.25) is 17.7 Å². The Morgan fingerprint density at radius 3 is 2.49 bits per heavy atom. The van der Waals surface area contributed by atoms with Gasteiger partial charge in [0.15, 0.2) is 0 Å². The fraction of sp³-hybridized carbons (Fsp3) is 0.542. The first-order valence-electron chi connectivity index (χ1n) is 12.2. The largest absolute Gasteiger partial charge is 0.368 e. The van der Waals surface area contributed by atoms with E-state index in [-0.39, 0.29) is 30.4 Å². The molecule has 35 heavy (non-hydrogen) atoms. The number of rotatable bonds is 4. The summed E-state index contributed by atoms with van der Waals surface area (Å²) in [6, 6.07) is 4.21. The van der Waals surface area contributed by atoms with Crippen molar-refractivity contribution >= 4 is 35.2 Å². The van der Waals surface area contributed by atoms with E-state index < -0.39 is 29.7 Å². The maximum atomic E-state index is 13.4. The van der Waals surface area contributed by atoms with Gasteiger partial charge in [-0.2, -0.15) is 0 Å². The molecule has 1 aromatic carbocycles. The number of hydrogen-bond acceptors (Lipinski definition) is 8. The Kier molecular flexibility index (Phi) is 6.28. The van der Waals surface area contributed by atoms with Crippen molar-refractivity contribution in [2.75, 3.05) is 50.7 Å². The number of fused-ring (bicyclic) bond motifs is 1. The lowest BCUT2D eigenvalue weighted by Gasteiger charge is -2.38. The van der Waals surface area contributed by atoms with Crippen LogP contribution in [0.25, 0.3) is 0 Å². The summed E-state index contributed by atoms with van der Waals surface area (Å²) in [6.45, 7) is 4.19. The van der Waals surface area contributed by atoms with Crippen LogP contribution in [0.3, 0.4) is 0 Å². The molecule has 0 saturated carbocycles. The highest BCUT2D eigenvalue weighted by Gasteiger charge is 2.46. The Hall–Kier alpha value is -3.31. The minimum Gasteiger partial charge on any atom is -0.368 e. The molecule has 1 unspecified atom stereocenters. The Bertz CT molecular complexity index is 1080. The maximum absolute atomic E-state index is 13.4. The van der Waals surface area contributed by atoms with Gasteiger partial charge in [-0.05, 0) is 31.4 Å². The molecule has 3 fully saturated rings. The third kappa shape index (κ3) is 4.41. The highest BCUT2D eigenvalue weighted by atomic mass is 16.2. The molecular weight excluding hydrogens is 452 g/mol. The topological polar surface area (TPSA) is 136 Å². The predicted molar refractivity (Wildman–Crippen MR) is 126 cm³/mol. The molecule has 0 radical (unpaired) electrons. The van der Waals surface area contributed by atoms with E-state index in [1.807, 2.05) is 11.0 Å². The summed E-state index contributed by atoms with van der Waals surface area (Å²) in [7, 11) is 0. The first kappa shape index (κ1) is 23.4. The Balaban J connectivity index is 1.26. The quantitative estimate of drug-likeness (QED) is 0.530. The number of carbonyl (C=O) groups is 5. The van der Waals surface area contributed by atoms with Gasteiger partial charge in [-0.1, -0.05) is 6.07 Å². The summed E-state index contributed by atoms with van der Waals surface area (Å²) in [4.78, 5) is 70.0. The molecule has 0 spiro atoms. The summed E-state index contributed by atoms with van der Waals surface area (Å²) >= 11 is 0. The number of imide groups is 2. The number of amides is 5. The van der Waals surface area contributed by atoms with Crippen molar-refractivity contribution in [2.45, 2.75) is 37.8 Å². The summed E-state index contributed by atoms with van der Waals surface area (Å²) in [5.41, 5.74) is 7.24. The second-order valence-corrected chi connectivity index (χ2v) is 9.65. The van der Waals surface area contributed by atoms with Crippen molar-refractivity contribution in [3.8, 4) is 0 Å². The van der Waals surface area contributed by atoms with Gasteiger partial charge in [-0.25, -0.2) is 0 Å². The number of hydrogen-bond donors (Lipinski definition) is 2. The molecule has 5 rings (SSSR count). The van der Waals surface area contributed by atoms with Gasteiger partial charge in [-0.3, -0.25) is 39.1 Å². The molecule has 11 nitrogen and oxygen atoms in total. The van der Waals surface area contributed by atoms with Gasteiger partial charge in [0.05, 0.1) is 23.4 Å². The molecule has 4 heterocycles. The van der Waals surface area contributed by atoms with Crippen LogP contribution in [0, 0.1) is 0 Å². The van der Waals surface area contributed by atoms with E-state index in [0.29, 0.717) is 50.5 Å². The number of likely N-dealkylation sites (tertiary alicyclic amines) is 1. The number of nitrogens with zero attached hydrogens (tertiary/aromatic N) is 4. The number of nitrogens with one attached hydrogen (secondary N) is 1. The highest BCUT2D eigenvalue weighted by molar-refractivity contribution is 6.25. The predicted octanol–water partition coefficient (Wildman–Crippen LogP) is -0.840. The van der Waals surface area contributed by atoms with Crippen LogP contribution in [-0.2, 0) is 14.4 Å². The average molecular weight is 483 g/mol. The van der Waals surface area contributed by atoms with Gasteiger partial charge in [0, 0.05) is 51.7 Å². The molecule has 4 aliphatic heterocycles. The van der Waals surface area contributed by atoms with Crippen LogP contribution in [0.4, 0.5) is 5.69 Å². The van der Waals surface area contributed by atoms with Crippen LogP contribution >= 0.6 is 0 Å². The Morgan fingerprint density at radius 2 is 1.77 bits per heavy atom. The van der Waals surface area contributed by atoms with Crippen LogP contribution in [0.5, 0.6) is 0 Å². The maximum Gasteiger partial charge on any atom is 0.264 e. The van der Waals surface area contributed by atoms with Crippen LogP contribution in [-0.4, -0.2) is 102 Å². The van der Waals surface area contributed by atoms with Crippen LogP contribution in [0.1, 0.15) is 46.4 Å². The average Bonchev–Trinajstić information content (AvgIpc) is 3.10. The highest BCUT2D eigenvalue weighted by Crippen LogP contribution is 2.34. The minimum absolute atomic E-state index is 0.0460. The summed E-state index contributed by atoms with van der Waals surface area (Å²) in [5, 5.41) is 2.22. The molecule has 3 saturated heterocycles. The lowest BCUT2D eigenvalue weighted by atomic mass is 10.0. The standard InChI is InChI=1S/C24H30N6O5/c25-15-3-2-8-29(13-15)20(32)14-27-9-11-28(12-10-27)17-5-1-4-16-21(17)24(35)30(23(16)34)18-6-7-19(31)26-22(18)33/h1,4-5,15,18H,2-3,6-14,25H2,(H,26,31,33)/t15-,18?/m1/s1. The number of anilines is 1. The zero-order valence-corrected chi connectivity index (χ0v) is 19.6. The van der Waals surface area contributed by atoms with E-state index in [1.54, 1.807) is 12.1 Å². The van der Waals surface area contributed by atoms with E-state index in [1.165, 1.54) is 0 Å². The third-order valence-electron chi connectivity index (χ3n) is 7.33. The van der Waals surface area contributed by atoms with E-state index in [2.05, 4.69) is 15.1 Å². The Morgan fingerprint density at radius 1 is 1.00 bits per heavy atom. The second kappa shape index (κ2) is 9.38. The fourth-order valence-electron chi connectivity index (χ4n) is 5.44. The van der Waals surface area contributed by atoms with E-state index in [0.717, 1.165) is 24.3 Å². The van der Waals surface area contributed by atoms with Crippen LogP contribution < -0.4 is 16.0 Å². The van der Waals surface area contributed by atoms with E-state index in [4.69, 9.17) is 5.73 Å². The lowest BCUT2D eigenvalue weighted by molar-refractivity contribution is -0.136. The molecule has 0 aliphatic carbocycles. The van der Waals surface area contributed by atoms with E-state index >= 15 is 0 Å². The molecule has 4 aliphatic rings. The zero-order valence-electron chi connectivity index (χ0n) is 19.6. The third-order valence-corrected chi connectivity index (χ3v) is 7.33. The SMILES string of the molecule is N[C@@H]1CCCN(C(=O)CN2CCN(c3cccc4c3C(=O)N(C3CCC(=O)NC3=O)C4=O)CC2)C1. The van der Waals surface area contributed by atoms with Crippen LogP contribution in [0.15, 0.2) is 18.2 Å². The number of carbonyl (C=O) groups excluding carboxylic acids is 5. The number of piperazine rings is 1. The van der Waals surface area contributed by atoms with Crippen molar-refractivity contribution in [3.05, 3.63) is 29.3 Å². The van der Waals surface area contributed by atoms with Crippen molar-refractivity contribution in [1.82, 2.24) is 20.0 Å². The van der Waals surface area contributed by atoms with E-state index in [9.17, 15) is 24.0 Å². The lowest BCUT2D eigenvalue weighted by Crippen LogP contribution is -2.54. The second-order valence-electron chi connectivity index (χ2n) is 9.65. The number of benzene rings is 1. The molecule has 11 heteroatoms. The van der Waals surface area contributed by atoms with Gasteiger partial charge in [0.25, 0.3) is 11.8 Å². The monoisotopic (exact) mass is 482 g/mol. The normalized spacial score (nSPS) is 25.7. The van der Waals surface area contributed by atoms with Crippen molar-refractivity contribution < 1.29 is 24.0 Å². The molecule has 0 bridgehead atoms. The first-order chi connectivity index (χ1) is 16.8. The first-order valence-corrected chi connectivity index (χ1v) is 12.2. The summed E-state index contributed by atoms with van der Waals surface area (Å²) in [6.07, 6.45) is 2.09. The number of nitrogens with two attached hydrogens (primary N) is 1. The fourth-order valence-corrected chi connectivity index (χ4v) is 5.44. The van der Waals surface area contributed by atoms with Crippen molar-refractivity contribution in [2.24, 2.45) is 5.73 Å². The Labute approximate surface area is 203 Å². The molecular formula is C24H30N6O5. The molecule has 186 valence electrons. The minimum atomic E-state index is -0.987. The van der Waals surface area contributed by atoms with Gasteiger partial charge < -0.3 is 15.5 Å². The van der Waals surface area contributed by atoms with Gasteiger partial charge >= 0.3 is 0 Å². The van der Waals surface area contributed by atoms with Crippen molar-refractivity contribution in [3.63, 3.8) is 0 Å². The number of piperidine rings is 2. The zero-order chi connectivity index (χ0) is 24.7. The van der Waals surface area contributed by atoms with Gasteiger partial charge in [-0.15, -0.1) is 0 Å². The van der Waals surface area contributed by atoms with Crippen LogP contribution in [0.2, 0.25) is 0 Å². The molecule has 2 atom stereocenters. The summed E-state index contributed by atoms with van der Waals surface area (Å²) in [5.74, 6) is -1.94. The molecule has 0 aromatic heterocycles. The smallest absolute Gasteiger partial charge is 0.264 e. The molecule has 1 aromatic rings. The molecule has 5 amide bonds. The summed E-state index contributed by atoms with van der Waals surface area (Å²) < 4.78 is 0. The van der Waals surface area contributed by atoms with Crippen molar-refractivity contribution in [1.29, 1.82) is 0 Å².